The summed E-state index contributed by atoms with van der Waals surface area (Å²) in [6, 6.07) is 9.25. The molecule has 0 saturated carbocycles. The Labute approximate surface area is 97.2 Å². The minimum atomic E-state index is -0.834. The SMILES string of the molecule is NC(=O)O[C@@H](Cn1ncnn1)c1ccccc1. The Kier molecular flexibility index (Phi) is 3.29. The highest BCUT2D eigenvalue weighted by molar-refractivity contribution is 5.65. The minimum Gasteiger partial charge on any atom is -0.439 e. The summed E-state index contributed by atoms with van der Waals surface area (Å²) in [5.41, 5.74) is 5.86. The second kappa shape index (κ2) is 5.06. The molecule has 7 heteroatoms. The van der Waals surface area contributed by atoms with Crippen LogP contribution >= 0.6 is 0 Å². The quantitative estimate of drug-likeness (QED) is 0.829. The first-order valence-corrected chi connectivity index (χ1v) is 4.97. The first kappa shape index (κ1) is 11.1. The molecule has 0 spiro atoms. The number of aromatic nitrogens is 4. The van der Waals surface area contributed by atoms with E-state index in [1.54, 1.807) is 0 Å². The number of hydrogen-bond acceptors (Lipinski definition) is 5. The second-order valence-electron chi connectivity index (χ2n) is 3.33. The van der Waals surface area contributed by atoms with Crippen molar-refractivity contribution in [2.24, 2.45) is 5.73 Å². The number of tetrazole rings is 1. The third-order valence-electron chi connectivity index (χ3n) is 2.15. The maximum absolute atomic E-state index is 10.8. The van der Waals surface area contributed by atoms with Crippen LogP contribution in [0.5, 0.6) is 0 Å². The van der Waals surface area contributed by atoms with Crippen LogP contribution in [0.3, 0.4) is 0 Å². The van der Waals surface area contributed by atoms with Crippen molar-refractivity contribution in [3.8, 4) is 0 Å². The molecule has 1 atom stereocenters. The second-order valence-corrected chi connectivity index (χ2v) is 3.33. The molecular weight excluding hydrogens is 222 g/mol. The van der Waals surface area contributed by atoms with Crippen LogP contribution in [-0.2, 0) is 11.3 Å². The first-order chi connectivity index (χ1) is 8.25. The zero-order chi connectivity index (χ0) is 12.1. The van der Waals surface area contributed by atoms with E-state index in [-0.39, 0.29) is 6.54 Å². The third-order valence-corrected chi connectivity index (χ3v) is 2.15. The van der Waals surface area contributed by atoms with E-state index in [4.69, 9.17) is 10.5 Å². The highest BCUT2D eigenvalue weighted by Crippen LogP contribution is 2.18. The molecule has 2 N–H and O–H groups in total. The Morgan fingerprint density at radius 2 is 2.18 bits per heavy atom. The van der Waals surface area contributed by atoms with E-state index >= 15 is 0 Å². The summed E-state index contributed by atoms with van der Waals surface area (Å²) < 4.78 is 5.02. The van der Waals surface area contributed by atoms with Gasteiger partial charge in [0.05, 0.1) is 0 Å². The number of primary amides is 1. The van der Waals surface area contributed by atoms with E-state index in [2.05, 4.69) is 15.4 Å². The number of ether oxygens (including phenoxy) is 1. The van der Waals surface area contributed by atoms with Crippen LogP contribution in [-0.4, -0.2) is 26.3 Å². The minimum absolute atomic E-state index is 0.271. The molecule has 1 aromatic carbocycles. The summed E-state index contributed by atoms with van der Waals surface area (Å²) >= 11 is 0. The Balaban J connectivity index is 2.16. The molecule has 88 valence electrons. The molecule has 0 aliphatic heterocycles. The number of benzene rings is 1. The lowest BCUT2D eigenvalue weighted by atomic mass is 10.1. The van der Waals surface area contributed by atoms with Gasteiger partial charge in [0, 0.05) is 0 Å². The van der Waals surface area contributed by atoms with Crippen molar-refractivity contribution < 1.29 is 9.53 Å². The normalized spacial score (nSPS) is 12.0. The molecule has 0 unspecified atom stereocenters. The molecule has 2 rings (SSSR count). The summed E-state index contributed by atoms with van der Waals surface area (Å²) in [5, 5.41) is 11.1. The van der Waals surface area contributed by atoms with Gasteiger partial charge in [-0.15, -0.1) is 10.2 Å². The molecule has 0 radical (unpaired) electrons. The molecule has 1 heterocycles. The van der Waals surface area contributed by atoms with Crippen LogP contribution in [0.1, 0.15) is 11.7 Å². The van der Waals surface area contributed by atoms with E-state index in [0.29, 0.717) is 0 Å². The number of rotatable bonds is 4. The largest absolute Gasteiger partial charge is 0.439 e. The number of amides is 1. The van der Waals surface area contributed by atoms with Crippen LogP contribution in [0.25, 0.3) is 0 Å². The molecule has 0 aliphatic rings. The Morgan fingerprint density at radius 1 is 1.41 bits per heavy atom. The van der Waals surface area contributed by atoms with Gasteiger partial charge in [0.15, 0.2) is 12.4 Å². The van der Waals surface area contributed by atoms with Gasteiger partial charge in [-0.1, -0.05) is 30.3 Å². The van der Waals surface area contributed by atoms with Gasteiger partial charge in [-0.2, -0.15) is 4.80 Å². The van der Waals surface area contributed by atoms with Gasteiger partial charge in [-0.3, -0.25) is 0 Å². The molecule has 7 nitrogen and oxygen atoms in total. The molecular formula is C10H11N5O2. The highest BCUT2D eigenvalue weighted by Gasteiger charge is 2.16. The smallest absolute Gasteiger partial charge is 0.405 e. The van der Waals surface area contributed by atoms with Crippen molar-refractivity contribution in [3.05, 3.63) is 42.2 Å². The van der Waals surface area contributed by atoms with Gasteiger partial charge in [0.25, 0.3) is 0 Å². The maximum atomic E-state index is 10.8. The number of carbonyl (C=O) groups excluding carboxylic acids is 1. The average molecular weight is 233 g/mol. The zero-order valence-electron chi connectivity index (χ0n) is 8.93. The van der Waals surface area contributed by atoms with Crippen molar-refractivity contribution in [1.29, 1.82) is 0 Å². The van der Waals surface area contributed by atoms with Crippen LogP contribution in [0.4, 0.5) is 4.79 Å². The fourth-order valence-corrected chi connectivity index (χ4v) is 1.44. The summed E-state index contributed by atoms with van der Waals surface area (Å²) in [6.07, 6.45) is -0.0476. The summed E-state index contributed by atoms with van der Waals surface area (Å²) in [4.78, 5) is 12.2. The standard InChI is InChI=1S/C10H11N5O2/c11-10(16)17-9(6-15-13-7-12-14-15)8-4-2-1-3-5-8/h1-5,7,9H,6H2,(H2,11,16)/t9-/m0/s1. The zero-order valence-corrected chi connectivity index (χ0v) is 8.93. The fraction of sp³-hybridized carbons (Fsp3) is 0.200. The molecule has 0 saturated heterocycles. The van der Waals surface area contributed by atoms with E-state index in [9.17, 15) is 4.79 Å². The average Bonchev–Trinajstić information content (AvgIpc) is 2.82. The molecule has 2 aromatic rings. The van der Waals surface area contributed by atoms with Crippen molar-refractivity contribution in [1.82, 2.24) is 20.2 Å². The lowest BCUT2D eigenvalue weighted by Gasteiger charge is -2.15. The third kappa shape index (κ3) is 3.00. The molecule has 0 fully saturated rings. The van der Waals surface area contributed by atoms with E-state index in [1.807, 2.05) is 30.3 Å². The lowest BCUT2D eigenvalue weighted by Crippen LogP contribution is -2.22. The van der Waals surface area contributed by atoms with Gasteiger partial charge < -0.3 is 10.5 Å². The monoisotopic (exact) mass is 233 g/mol. The first-order valence-electron chi connectivity index (χ1n) is 4.97. The predicted octanol–water partition coefficient (Wildman–Crippen LogP) is 0.510. The lowest BCUT2D eigenvalue weighted by molar-refractivity contribution is 0.0900. The van der Waals surface area contributed by atoms with E-state index < -0.39 is 12.2 Å². The van der Waals surface area contributed by atoms with Gasteiger partial charge >= 0.3 is 6.09 Å². The van der Waals surface area contributed by atoms with Crippen LogP contribution in [0, 0.1) is 0 Å². The topological polar surface area (TPSA) is 95.9 Å². The molecule has 1 aromatic heterocycles. The highest BCUT2D eigenvalue weighted by atomic mass is 16.6. The molecule has 1 amide bonds. The van der Waals surface area contributed by atoms with Crippen LogP contribution in [0.2, 0.25) is 0 Å². The van der Waals surface area contributed by atoms with E-state index in [1.165, 1.54) is 11.1 Å². The number of nitrogens with zero attached hydrogens (tertiary/aromatic N) is 4. The van der Waals surface area contributed by atoms with Crippen LogP contribution < -0.4 is 5.73 Å². The van der Waals surface area contributed by atoms with E-state index in [0.717, 1.165) is 5.56 Å². The van der Waals surface area contributed by atoms with Crippen molar-refractivity contribution in [2.75, 3.05) is 0 Å². The number of carbonyl (C=O) groups is 1. The van der Waals surface area contributed by atoms with Gasteiger partial charge in [-0.25, -0.2) is 4.79 Å². The van der Waals surface area contributed by atoms with Gasteiger partial charge in [0.1, 0.15) is 6.54 Å². The predicted molar refractivity (Wildman–Crippen MR) is 57.7 cm³/mol. The Hall–Kier alpha value is -2.44. The Morgan fingerprint density at radius 3 is 2.76 bits per heavy atom. The fourth-order valence-electron chi connectivity index (χ4n) is 1.44. The van der Waals surface area contributed by atoms with Gasteiger partial charge in [-0.05, 0) is 10.8 Å². The molecule has 17 heavy (non-hydrogen) atoms. The van der Waals surface area contributed by atoms with Crippen molar-refractivity contribution >= 4 is 6.09 Å². The summed E-state index contributed by atoms with van der Waals surface area (Å²) in [7, 11) is 0. The van der Waals surface area contributed by atoms with Crippen molar-refractivity contribution in [2.45, 2.75) is 12.6 Å². The van der Waals surface area contributed by atoms with Crippen molar-refractivity contribution in [3.63, 3.8) is 0 Å². The van der Waals surface area contributed by atoms with Crippen LogP contribution in [0.15, 0.2) is 36.7 Å². The number of hydrogen-bond donors (Lipinski definition) is 1. The summed E-state index contributed by atoms with van der Waals surface area (Å²) in [5.74, 6) is 0. The number of nitrogens with two attached hydrogens (primary N) is 1. The molecule has 0 bridgehead atoms. The molecule has 0 aliphatic carbocycles. The Bertz CT molecular complexity index is 471. The summed E-state index contributed by atoms with van der Waals surface area (Å²) in [6.45, 7) is 0.271. The maximum Gasteiger partial charge on any atom is 0.405 e. The van der Waals surface area contributed by atoms with Gasteiger partial charge in [0.2, 0.25) is 0 Å².